The molecule has 0 unspecified atom stereocenters. The zero-order valence-electron chi connectivity index (χ0n) is 16.6. The summed E-state index contributed by atoms with van der Waals surface area (Å²) in [7, 11) is 3.94. The molecule has 0 bridgehead atoms. The summed E-state index contributed by atoms with van der Waals surface area (Å²) >= 11 is 0. The molecule has 0 aliphatic heterocycles. The molecule has 3 aromatic carbocycles. The molecule has 0 saturated carbocycles. The molecule has 0 fully saturated rings. The highest BCUT2D eigenvalue weighted by molar-refractivity contribution is 5.98. The van der Waals surface area contributed by atoms with Crippen LogP contribution in [0.2, 0.25) is 0 Å². The summed E-state index contributed by atoms with van der Waals surface area (Å²) in [6.07, 6.45) is 0.823. The van der Waals surface area contributed by atoms with E-state index in [0.717, 1.165) is 34.0 Å². The fraction of sp³-hybridized carbons (Fsp3) is 0.120. The van der Waals surface area contributed by atoms with Crippen molar-refractivity contribution in [2.75, 3.05) is 19.0 Å². The van der Waals surface area contributed by atoms with Gasteiger partial charge in [0, 0.05) is 41.9 Å². The average Bonchev–Trinajstić information content (AvgIpc) is 2.73. The molecule has 0 N–H and O–H groups in total. The lowest BCUT2D eigenvalue weighted by Gasteiger charge is -2.13. The van der Waals surface area contributed by atoms with E-state index in [0.29, 0.717) is 22.4 Å². The minimum atomic E-state index is -0.321. The smallest absolute Gasteiger partial charge is 0.150 e. The number of fused-ring (bicyclic) bond motifs is 1. The second-order valence-corrected chi connectivity index (χ2v) is 7.37. The minimum absolute atomic E-state index is 0.321. The zero-order chi connectivity index (χ0) is 20.5. The van der Waals surface area contributed by atoms with E-state index in [9.17, 15) is 9.18 Å². The normalized spacial score (nSPS) is 10.9. The maximum absolute atomic E-state index is 14.9. The maximum Gasteiger partial charge on any atom is 0.150 e. The molecular formula is C25H21FN2O. The molecule has 0 aliphatic carbocycles. The molecule has 4 aromatic rings. The largest absolute Gasteiger partial charge is 0.378 e. The summed E-state index contributed by atoms with van der Waals surface area (Å²) in [4.78, 5) is 18.2. The third kappa shape index (κ3) is 3.61. The average molecular weight is 384 g/mol. The number of rotatable bonds is 4. The summed E-state index contributed by atoms with van der Waals surface area (Å²) in [5.74, 6) is -0.321. The van der Waals surface area contributed by atoms with Crippen molar-refractivity contribution in [1.29, 1.82) is 0 Å². The lowest BCUT2D eigenvalue weighted by molar-refractivity contribution is 0.112. The van der Waals surface area contributed by atoms with Gasteiger partial charge in [-0.3, -0.25) is 4.79 Å². The number of halogens is 1. The highest BCUT2D eigenvalue weighted by Gasteiger charge is 2.11. The van der Waals surface area contributed by atoms with Gasteiger partial charge < -0.3 is 4.90 Å². The second-order valence-electron chi connectivity index (χ2n) is 7.37. The third-order valence-corrected chi connectivity index (χ3v) is 5.08. The van der Waals surface area contributed by atoms with E-state index in [-0.39, 0.29) is 5.82 Å². The first-order valence-corrected chi connectivity index (χ1v) is 9.40. The predicted octanol–water partition coefficient (Wildman–Crippen LogP) is 5.89. The van der Waals surface area contributed by atoms with E-state index in [4.69, 9.17) is 0 Å². The minimum Gasteiger partial charge on any atom is -0.378 e. The summed E-state index contributed by atoms with van der Waals surface area (Å²) in [6.45, 7) is 1.97. The van der Waals surface area contributed by atoms with Gasteiger partial charge in [0.1, 0.15) is 5.82 Å². The first-order valence-electron chi connectivity index (χ1n) is 9.40. The predicted molar refractivity (Wildman–Crippen MR) is 117 cm³/mol. The summed E-state index contributed by atoms with van der Waals surface area (Å²) in [5, 5.41) is 0.807. The molecule has 0 atom stereocenters. The summed E-state index contributed by atoms with van der Waals surface area (Å²) in [6, 6.07) is 20.3. The third-order valence-electron chi connectivity index (χ3n) is 5.08. The number of carbonyl (C=O) groups is 1. The summed E-state index contributed by atoms with van der Waals surface area (Å²) in [5.41, 5.74) is 5.96. The summed E-state index contributed by atoms with van der Waals surface area (Å²) < 4.78 is 14.9. The van der Waals surface area contributed by atoms with E-state index in [1.165, 1.54) is 6.07 Å². The van der Waals surface area contributed by atoms with Gasteiger partial charge in [-0.2, -0.15) is 0 Å². The zero-order valence-corrected chi connectivity index (χ0v) is 16.6. The number of hydrogen-bond donors (Lipinski definition) is 0. The number of benzene rings is 3. The number of nitrogens with zero attached hydrogens (tertiary/aromatic N) is 2. The van der Waals surface area contributed by atoms with Crippen LogP contribution in [-0.2, 0) is 0 Å². The monoisotopic (exact) mass is 384 g/mol. The van der Waals surface area contributed by atoms with Crippen LogP contribution in [0, 0.1) is 12.7 Å². The fourth-order valence-electron chi connectivity index (χ4n) is 3.46. The van der Waals surface area contributed by atoms with Gasteiger partial charge in [0.25, 0.3) is 0 Å². The lowest BCUT2D eigenvalue weighted by atomic mass is 9.99. The molecule has 4 heteroatoms. The first-order chi connectivity index (χ1) is 14.0. The van der Waals surface area contributed by atoms with Crippen LogP contribution in [0.25, 0.3) is 33.3 Å². The van der Waals surface area contributed by atoms with Crippen LogP contribution in [0.4, 0.5) is 10.1 Å². The van der Waals surface area contributed by atoms with Crippen LogP contribution in [0.1, 0.15) is 15.9 Å². The van der Waals surface area contributed by atoms with E-state index in [1.54, 1.807) is 12.1 Å². The Bertz CT molecular complexity index is 1210. The van der Waals surface area contributed by atoms with Gasteiger partial charge in [-0.05, 0) is 48.9 Å². The van der Waals surface area contributed by atoms with E-state index < -0.39 is 0 Å². The molecule has 0 spiro atoms. The van der Waals surface area contributed by atoms with Gasteiger partial charge in [0.2, 0.25) is 0 Å². The van der Waals surface area contributed by atoms with Crippen molar-refractivity contribution in [3.05, 3.63) is 83.7 Å². The van der Waals surface area contributed by atoms with Crippen LogP contribution >= 0.6 is 0 Å². The highest BCUT2D eigenvalue weighted by Crippen LogP contribution is 2.30. The molecule has 1 heterocycles. The van der Waals surface area contributed by atoms with Crippen LogP contribution in [0.5, 0.6) is 0 Å². The maximum atomic E-state index is 14.9. The Kier molecular flexibility index (Phi) is 4.85. The Morgan fingerprint density at radius 2 is 1.62 bits per heavy atom. The number of carbonyl (C=O) groups excluding carboxylic acids is 1. The molecule has 4 rings (SSSR count). The number of aromatic nitrogens is 1. The van der Waals surface area contributed by atoms with Crippen LogP contribution in [0.3, 0.4) is 0 Å². The number of aryl methyl sites for hydroxylation is 1. The Hall–Kier alpha value is -3.53. The SMILES string of the molecule is Cc1ccc2nc(-c3ccc(-c4ccc(N(C)C)cc4)c(F)c3)cc(C=O)c2c1. The van der Waals surface area contributed by atoms with E-state index in [1.807, 2.05) is 74.4 Å². The molecule has 0 saturated heterocycles. The quantitative estimate of drug-likeness (QED) is 0.411. The topological polar surface area (TPSA) is 33.2 Å². The Balaban J connectivity index is 1.76. The number of pyridine rings is 1. The van der Waals surface area contributed by atoms with E-state index in [2.05, 4.69) is 4.98 Å². The van der Waals surface area contributed by atoms with Crippen LogP contribution in [0.15, 0.2) is 66.7 Å². The van der Waals surface area contributed by atoms with Gasteiger partial charge in [-0.1, -0.05) is 35.9 Å². The van der Waals surface area contributed by atoms with Crippen LogP contribution < -0.4 is 4.90 Å². The highest BCUT2D eigenvalue weighted by atomic mass is 19.1. The van der Waals surface area contributed by atoms with Crippen molar-refractivity contribution in [1.82, 2.24) is 4.98 Å². The Morgan fingerprint density at radius 3 is 2.28 bits per heavy atom. The van der Waals surface area contributed by atoms with Crippen LogP contribution in [-0.4, -0.2) is 25.4 Å². The van der Waals surface area contributed by atoms with E-state index >= 15 is 0 Å². The van der Waals surface area contributed by atoms with Crippen molar-refractivity contribution in [2.24, 2.45) is 0 Å². The molecule has 3 nitrogen and oxygen atoms in total. The standard InChI is InChI=1S/C25H21FN2O/c1-16-4-11-24-22(12-16)19(15-29)14-25(27-24)18-7-10-21(23(26)13-18)17-5-8-20(9-6-17)28(2)3/h4-15H,1-3H3. The van der Waals surface area contributed by atoms with Gasteiger partial charge in [0.05, 0.1) is 11.2 Å². The molecule has 144 valence electrons. The van der Waals surface area contributed by atoms with Gasteiger partial charge in [-0.25, -0.2) is 9.37 Å². The molecular weight excluding hydrogens is 363 g/mol. The lowest BCUT2D eigenvalue weighted by Crippen LogP contribution is -2.07. The molecule has 0 amide bonds. The van der Waals surface area contributed by atoms with Crippen molar-refractivity contribution in [2.45, 2.75) is 6.92 Å². The van der Waals surface area contributed by atoms with Gasteiger partial charge in [-0.15, -0.1) is 0 Å². The molecule has 29 heavy (non-hydrogen) atoms. The molecule has 0 radical (unpaired) electrons. The van der Waals surface area contributed by atoms with Crippen molar-refractivity contribution >= 4 is 22.9 Å². The molecule has 1 aromatic heterocycles. The Morgan fingerprint density at radius 1 is 0.897 bits per heavy atom. The Labute approximate surface area is 169 Å². The fourth-order valence-corrected chi connectivity index (χ4v) is 3.46. The van der Waals surface area contributed by atoms with Crippen molar-refractivity contribution in [3.8, 4) is 22.4 Å². The van der Waals surface area contributed by atoms with Crippen molar-refractivity contribution in [3.63, 3.8) is 0 Å². The first kappa shape index (κ1) is 18.8. The number of anilines is 1. The van der Waals surface area contributed by atoms with Gasteiger partial charge in [0.15, 0.2) is 6.29 Å². The number of hydrogen-bond acceptors (Lipinski definition) is 3. The second kappa shape index (κ2) is 7.47. The number of aldehydes is 1. The molecule has 0 aliphatic rings. The van der Waals surface area contributed by atoms with Crippen molar-refractivity contribution < 1.29 is 9.18 Å². The van der Waals surface area contributed by atoms with Gasteiger partial charge >= 0.3 is 0 Å².